The van der Waals surface area contributed by atoms with Crippen molar-refractivity contribution < 1.29 is 19.4 Å². The fourth-order valence-corrected chi connectivity index (χ4v) is 3.52. The molecule has 8 heteroatoms. The maximum atomic E-state index is 12.8. The Kier molecular flexibility index (Phi) is 5.98. The Labute approximate surface area is 176 Å². The van der Waals surface area contributed by atoms with E-state index in [1.54, 1.807) is 35.2 Å². The van der Waals surface area contributed by atoms with Crippen LogP contribution >= 0.6 is 0 Å². The number of rotatable bonds is 3. The van der Waals surface area contributed by atoms with Crippen LogP contribution in [-0.2, 0) is 9.47 Å². The largest absolute Gasteiger partial charge is 0.507 e. The lowest BCUT2D eigenvalue weighted by Gasteiger charge is -2.39. The highest BCUT2D eigenvalue weighted by atomic mass is 16.6. The standard InChI is InChI=1S/C22H30N4O4/c1-13-19(26(9-10-29-13)21(28)30-22(2,3)4)17-12-14(20(24)25-17)11-16(23)15-7-5-6-8-18(15)27/h5-8,11-13,19,25,27H,9-10,23-24H2,1-4H3/b16-11-. The van der Waals surface area contributed by atoms with Crippen molar-refractivity contribution in [3.05, 3.63) is 47.2 Å². The van der Waals surface area contributed by atoms with Crippen LogP contribution in [0.3, 0.4) is 0 Å². The normalized spacial score (nSPS) is 20.3. The van der Waals surface area contributed by atoms with E-state index < -0.39 is 11.7 Å². The molecule has 2 heterocycles. The Bertz CT molecular complexity index is 945. The molecule has 6 N–H and O–H groups in total. The summed E-state index contributed by atoms with van der Waals surface area (Å²) in [5.74, 6) is 0.497. The van der Waals surface area contributed by atoms with Gasteiger partial charge in [0.2, 0.25) is 0 Å². The molecule has 0 bridgehead atoms. The van der Waals surface area contributed by atoms with Crippen LogP contribution in [0.5, 0.6) is 5.75 Å². The fourth-order valence-electron chi connectivity index (χ4n) is 3.52. The number of phenolic OH excluding ortho intramolecular Hbond substituents is 1. The molecule has 0 aliphatic carbocycles. The van der Waals surface area contributed by atoms with Gasteiger partial charge in [0.05, 0.1) is 12.7 Å². The van der Waals surface area contributed by atoms with E-state index >= 15 is 0 Å². The predicted octanol–water partition coefficient (Wildman–Crippen LogP) is 3.46. The maximum absolute atomic E-state index is 12.8. The number of nitrogens with one attached hydrogen (secondary N) is 1. The summed E-state index contributed by atoms with van der Waals surface area (Å²) in [7, 11) is 0. The van der Waals surface area contributed by atoms with Gasteiger partial charge in [0, 0.05) is 29.1 Å². The number of aromatic amines is 1. The maximum Gasteiger partial charge on any atom is 0.411 e. The Morgan fingerprint density at radius 3 is 2.73 bits per heavy atom. The van der Waals surface area contributed by atoms with Crippen LogP contribution in [0.1, 0.15) is 50.6 Å². The molecule has 1 aliphatic rings. The van der Waals surface area contributed by atoms with Crippen LogP contribution in [0.2, 0.25) is 0 Å². The van der Waals surface area contributed by atoms with Crippen molar-refractivity contribution in [3.63, 3.8) is 0 Å². The van der Waals surface area contributed by atoms with Crippen molar-refractivity contribution in [2.75, 3.05) is 18.9 Å². The zero-order chi connectivity index (χ0) is 22.1. The highest BCUT2D eigenvalue weighted by Crippen LogP contribution is 2.33. The van der Waals surface area contributed by atoms with Crippen molar-refractivity contribution in [2.45, 2.75) is 45.4 Å². The van der Waals surface area contributed by atoms with Gasteiger partial charge in [-0.3, -0.25) is 4.90 Å². The smallest absolute Gasteiger partial charge is 0.411 e. The number of nitrogen functional groups attached to an aromatic ring is 1. The van der Waals surface area contributed by atoms with Crippen LogP contribution in [0.25, 0.3) is 11.8 Å². The van der Waals surface area contributed by atoms with E-state index in [4.69, 9.17) is 20.9 Å². The van der Waals surface area contributed by atoms with Gasteiger partial charge in [-0.25, -0.2) is 4.79 Å². The molecule has 1 aromatic heterocycles. The van der Waals surface area contributed by atoms with Crippen molar-refractivity contribution in [1.29, 1.82) is 0 Å². The number of aromatic hydroxyl groups is 1. The molecule has 0 spiro atoms. The molecule has 1 aliphatic heterocycles. The third-order valence-corrected chi connectivity index (χ3v) is 4.87. The van der Waals surface area contributed by atoms with E-state index in [9.17, 15) is 9.90 Å². The van der Waals surface area contributed by atoms with E-state index in [0.29, 0.717) is 35.8 Å². The first kappa shape index (κ1) is 21.6. The third kappa shape index (κ3) is 4.71. The quantitative estimate of drug-likeness (QED) is 0.609. The Hall–Kier alpha value is -3.13. The lowest BCUT2D eigenvalue weighted by Crippen LogP contribution is -2.49. The van der Waals surface area contributed by atoms with E-state index in [2.05, 4.69) is 4.98 Å². The summed E-state index contributed by atoms with van der Waals surface area (Å²) in [5, 5.41) is 10.0. The highest BCUT2D eigenvalue weighted by molar-refractivity contribution is 5.84. The number of carbonyl (C=O) groups excluding carboxylic acids is 1. The van der Waals surface area contributed by atoms with Gasteiger partial charge in [-0.15, -0.1) is 0 Å². The van der Waals surface area contributed by atoms with Gasteiger partial charge in [0.25, 0.3) is 0 Å². The minimum Gasteiger partial charge on any atom is -0.507 e. The number of phenols is 1. The van der Waals surface area contributed by atoms with Gasteiger partial charge < -0.3 is 31.0 Å². The number of anilines is 1. The summed E-state index contributed by atoms with van der Waals surface area (Å²) >= 11 is 0. The second-order valence-electron chi connectivity index (χ2n) is 8.41. The van der Waals surface area contributed by atoms with Crippen LogP contribution in [0.4, 0.5) is 10.6 Å². The van der Waals surface area contributed by atoms with Crippen molar-refractivity contribution in [3.8, 4) is 5.75 Å². The second-order valence-corrected chi connectivity index (χ2v) is 8.41. The Balaban J connectivity index is 1.92. The summed E-state index contributed by atoms with van der Waals surface area (Å²) in [6, 6.07) is 8.28. The number of nitrogens with two attached hydrogens (primary N) is 2. The first-order valence-corrected chi connectivity index (χ1v) is 9.92. The van der Waals surface area contributed by atoms with Gasteiger partial charge in [0.15, 0.2) is 0 Å². The topological polar surface area (TPSA) is 127 Å². The zero-order valence-corrected chi connectivity index (χ0v) is 17.8. The second kappa shape index (κ2) is 8.31. The first-order chi connectivity index (χ1) is 14.1. The molecule has 1 aromatic carbocycles. The summed E-state index contributed by atoms with van der Waals surface area (Å²) in [6.07, 6.45) is 1.04. The molecular formula is C22H30N4O4. The number of benzene rings is 1. The monoisotopic (exact) mass is 414 g/mol. The van der Waals surface area contributed by atoms with E-state index in [-0.39, 0.29) is 17.9 Å². The molecule has 2 unspecified atom stereocenters. The number of hydrogen-bond acceptors (Lipinski definition) is 6. The first-order valence-electron chi connectivity index (χ1n) is 9.92. The van der Waals surface area contributed by atoms with Crippen molar-refractivity contribution >= 4 is 23.7 Å². The van der Waals surface area contributed by atoms with Crippen LogP contribution in [-0.4, -0.2) is 45.9 Å². The predicted molar refractivity (Wildman–Crippen MR) is 116 cm³/mol. The number of H-pyrrole nitrogens is 1. The molecule has 30 heavy (non-hydrogen) atoms. The van der Waals surface area contributed by atoms with Gasteiger partial charge in [0.1, 0.15) is 23.2 Å². The molecular weight excluding hydrogens is 384 g/mol. The number of para-hydroxylation sites is 1. The SMILES string of the molecule is CC1OCCN(C(=O)OC(C)(C)C)C1c1cc(/C=C(\N)c2ccccc2O)c(N)[nH]1. The van der Waals surface area contributed by atoms with Crippen LogP contribution in [0.15, 0.2) is 30.3 Å². The average molecular weight is 415 g/mol. The molecule has 2 aromatic rings. The number of morpholine rings is 1. The minimum atomic E-state index is -0.599. The number of carbonyl (C=O) groups is 1. The van der Waals surface area contributed by atoms with Crippen LogP contribution in [0, 0.1) is 0 Å². The van der Waals surface area contributed by atoms with Gasteiger partial charge in [-0.2, -0.15) is 0 Å². The summed E-state index contributed by atoms with van der Waals surface area (Å²) < 4.78 is 11.4. The molecule has 1 saturated heterocycles. The van der Waals surface area contributed by atoms with Crippen LogP contribution < -0.4 is 11.5 Å². The van der Waals surface area contributed by atoms with E-state index in [1.807, 2.05) is 33.8 Å². The number of hydrogen-bond donors (Lipinski definition) is 4. The molecule has 0 radical (unpaired) electrons. The average Bonchev–Trinajstić information content (AvgIpc) is 3.00. The molecule has 3 rings (SSSR count). The van der Waals surface area contributed by atoms with Gasteiger partial charge in [-0.1, -0.05) is 12.1 Å². The van der Waals surface area contributed by atoms with Gasteiger partial charge >= 0.3 is 6.09 Å². The molecule has 2 atom stereocenters. The minimum absolute atomic E-state index is 0.0889. The van der Waals surface area contributed by atoms with Crippen molar-refractivity contribution in [1.82, 2.24) is 9.88 Å². The number of ether oxygens (including phenoxy) is 2. The Morgan fingerprint density at radius 1 is 1.37 bits per heavy atom. The number of amides is 1. The number of nitrogens with zero attached hydrogens (tertiary/aromatic N) is 1. The molecule has 8 nitrogen and oxygen atoms in total. The highest BCUT2D eigenvalue weighted by Gasteiger charge is 2.37. The zero-order valence-electron chi connectivity index (χ0n) is 17.8. The van der Waals surface area contributed by atoms with E-state index in [0.717, 1.165) is 5.69 Å². The summed E-state index contributed by atoms with van der Waals surface area (Å²) in [6.45, 7) is 8.25. The lowest BCUT2D eigenvalue weighted by atomic mass is 10.0. The summed E-state index contributed by atoms with van der Waals surface area (Å²) in [5.41, 5.74) is 14.0. The summed E-state index contributed by atoms with van der Waals surface area (Å²) in [4.78, 5) is 17.6. The van der Waals surface area contributed by atoms with E-state index in [1.165, 1.54) is 0 Å². The van der Waals surface area contributed by atoms with Crippen molar-refractivity contribution in [2.24, 2.45) is 5.73 Å². The number of aromatic nitrogens is 1. The fraction of sp³-hybridized carbons (Fsp3) is 0.409. The molecule has 1 fully saturated rings. The lowest BCUT2D eigenvalue weighted by molar-refractivity contribution is -0.0708. The molecule has 1 amide bonds. The molecule has 0 saturated carbocycles. The third-order valence-electron chi connectivity index (χ3n) is 4.87. The van der Waals surface area contributed by atoms with Gasteiger partial charge in [-0.05, 0) is 52.0 Å². The Morgan fingerprint density at radius 2 is 2.07 bits per heavy atom. The molecule has 162 valence electrons.